The van der Waals surface area contributed by atoms with E-state index < -0.39 is 64.0 Å². The van der Waals surface area contributed by atoms with Crippen molar-refractivity contribution in [3.05, 3.63) is 29.3 Å². The molecule has 1 spiro atoms. The van der Waals surface area contributed by atoms with Crippen molar-refractivity contribution in [1.82, 2.24) is 0 Å². The molecule has 4 saturated heterocycles. The van der Waals surface area contributed by atoms with E-state index >= 15 is 0 Å². The molecule has 0 aromatic heterocycles. The van der Waals surface area contributed by atoms with Gasteiger partial charge < -0.3 is 19.3 Å². The van der Waals surface area contributed by atoms with Crippen molar-refractivity contribution < 1.29 is 42.1 Å². The first-order valence-corrected chi connectivity index (χ1v) is 9.58. The van der Waals surface area contributed by atoms with E-state index in [1.54, 1.807) is 0 Å². The number of ether oxygens (including phenoxy) is 3. The molecule has 0 aliphatic carbocycles. The Morgan fingerprint density at radius 1 is 1.16 bits per heavy atom. The summed E-state index contributed by atoms with van der Waals surface area (Å²) in [6, 6.07) is 4.11. The average molecular weight is 438 g/mol. The third-order valence-electron chi connectivity index (χ3n) is 6.95. The minimum absolute atomic E-state index is 0.153. The highest BCUT2D eigenvalue weighted by molar-refractivity contribution is 6.23. The van der Waals surface area contributed by atoms with E-state index in [0.717, 1.165) is 12.1 Å². The number of amides is 2. The third-order valence-corrected chi connectivity index (χ3v) is 6.95. The summed E-state index contributed by atoms with van der Waals surface area (Å²) < 4.78 is 57.6. The van der Waals surface area contributed by atoms with Crippen LogP contribution in [-0.4, -0.2) is 53.2 Å². The molecule has 5 atom stereocenters. The zero-order valence-corrected chi connectivity index (χ0v) is 16.4. The number of carbonyl (C=O) groups is 2. The van der Waals surface area contributed by atoms with Crippen LogP contribution >= 0.6 is 0 Å². The summed E-state index contributed by atoms with van der Waals surface area (Å²) in [4.78, 5) is 27.3. The number of hydrogen-bond donors (Lipinski definition) is 1. The predicted octanol–water partition coefficient (Wildman–Crippen LogP) is 1.35. The molecule has 4 fully saturated rings. The Bertz CT molecular complexity index is 1060. The maximum atomic E-state index is 13.4. The summed E-state index contributed by atoms with van der Waals surface area (Å²) in [5.41, 5.74) is -5.24. The van der Waals surface area contributed by atoms with Crippen LogP contribution in [0.25, 0.3) is 0 Å². The first kappa shape index (κ1) is 20.4. The number of imide groups is 1. The maximum absolute atomic E-state index is 13.4. The number of hydrogen-bond acceptors (Lipinski definition) is 7. The molecule has 4 aliphatic heterocycles. The normalized spacial score (nSPS) is 38.2. The van der Waals surface area contributed by atoms with Gasteiger partial charge in [0.05, 0.1) is 47.9 Å². The van der Waals surface area contributed by atoms with Gasteiger partial charge in [0.25, 0.3) is 0 Å². The van der Waals surface area contributed by atoms with Gasteiger partial charge in [0.2, 0.25) is 17.6 Å². The lowest BCUT2D eigenvalue weighted by Gasteiger charge is -2.44. The summed E-state index contributed by atoms with van der Waals surface area (Å²) in [5.74, 6) is -5.48. The van der Waals surface area contributed by atoms with Crippen LogP contribution in [0.2, 0.25) is 0 Å². The Balaban J connectivity index is 1.62. The van der Waals surface area contributed by atoms with Gasteiger partial charge in [-0.1, -0.05) is 0 Å². The largest absolute Gasteiger partial charge is 0.417 e. The van der Waals surface area contributed by atoms with E-state index in [0.29, 0.717) is 11.0 Å². The van der Waals surface area contributed by atoms with Crippen LogP contribution in [0, 0.1) is 23.2 Å². The minimum Gasteiger partial charge on any atom is -0.384 e. The van der Waals surface area contributed by atoms with Gasteiger partial charge in [0, 0.05) is 0 Å². The highest BCUT2D eigenvalue weighted by atomic mass is 19.4. The van der Waals surface area contributed by atoms with Crippen LogP contribution in [0.5, 0.6) is 0 Å². The molecule has 4 aliphatic rings. The van der Waals surface area contributed by atoms with Gasteiger partial charge >= 0.3 is 6.18 Å². The average Bonchev–Trinajstić information content (AvgIpc) is 3.39. The number of anilines is 1. The molecule has 31 heavy (non-hydrogen) atoms. The van der Waals surface area contributed by atoms with Crippen molar-refractivity contribution >= 4 is 17.5 Å². The van der Waals surface area contributed by atoms with E-state index in [1.807, 2.05) is 0 Å². The van der Waals surface area contributed by atoms with E-state index in [2.05, 4.69) is 0 Å². The van der Waals surface area contributed by atoms with Crippen molar-refractivity contribution in [2.45, 2.75) is 43.1 Å². The van der Waals surface area contributed by atoms with Gasteiger partial charge in [-0.3, -0.25) is 9.59 Å². The van der Waals surface area contributed by atoms with Crippen LogP contribution < -0.4 is 4.90 Å². The first-order valence-electron chi connectivity index (χ1n) is 9.58. The standard InChI is InChI=1S/C20H17F3N2O6/c1-17-12-13(18(2,31-17)19(16(17)28)29-5-6-30-19)15(27)25(14(12)26)10-4-3-9(8-24)11(7-10)20(21,22)23/h3-4,7,12-13,16,28H,5-6H2,1-2H3/t12-,13+,16+,17?,18?/m1/s1. The fourth-order valence-corrected chi connectivity index (χ4v) is 5.68. The summed E-state index contributed by atoms with van der Waals surface area (Å²) in [6.07, 6.45) is -6.24. The van der Waals surface area contributed by atoms with Crippen LogP contribution in [0.4, 0.5) is 18.9 Å². The van der Waals surface area contributed by atoms with Gasteiger partial charge in [-0.25, -0.2) is 4.90 Å². The van der Waals surface area contributed by atoms with Crippen molar-refractivity contribution in [3.63, 3.8) is 0 Å². The van der Waals surface area contributed by atoms with Crippen molar-refractivity contribution in [3.8, 4) is 6.07 Å². The second-order valence-electron chi connectivity index (χ2n) is 8.47. The molecule has 5 rings (SSSR count). The first-order chi connectivity index (χ1) is 14.4. The van der Waals surface area contributed by atoms with Crippen LogP contribution in [-0.2, 0) is 30.0 Å². The monoisotopic (exact) mass is 438 g/mol. The molecule has 4 heterocycles. The number of carbonyl (C=O) groups excluding carboxylic acids is 2. The molecule has 164 valence electrons. The molecule has 0 saturated carbocycles. The topological polar surface area (TPSA) is 109 Å². The van der Waals surface area contributed by atoms with E-state index in [4.69, 9.17) is 19.5 Å². The van der Waals surface area contributed by atoms with Gasteiger partial charge in [0.15, 0.2) is 0 Å². The number of aliphatic hydroxyl groups is 1. The summed E-state index contributed by atoms with van der Waals surface area (Å²) in [7, 11) is 0. The van der Waals surface area contributed by atoms with E-state index in [-0.39, 0.29) is 18.9 Å². The Kier molecular flexibility index (Phi) is 3.84. The fraction of sp³-hybridized carbons (Fsp3) is 0.550. The Morgan fingerprint density at radius 3 is 2.35 bits per heavy atom. The van der Waals surface area contributed by atoms with E-state index in [1.165, 1.54) is 19.9 Å². The number of rotatable bonds is 1. The molecule has 2 unspecified atom stereocenters. The van der Waals surface area contributed by atoms with Crippen molar-refractivity contribution in [2.75, 3.05) is 18.1 Å². The minimum atomic E-state index is -4.85. The number of fused-ring (bicyclic) bond motifs is 6. The van der Waals surface area contributed by atoms with Gasteiger partial charge in [-0.05, 0) is 32.0 Å². The highest BCUT2D eigenvalue weighted by Gasteiger charge is 2.86. The Labute approximate surface area is 174 Å². The molecule has 2 amide bonds. The summed E-state index contributed by atoms with van der Waals surface area (Å²) in [6.45, 7) is 3.28. The fourth-order valence-electron chi connectivity index (χ4n) is 5.68. The SMILES string of the molecule is CC12OC(C)([C@@H]3C(=O)N(c4ccc(C#N)c(C(F)(F)F)c4)C(=O)[C@@H]31)C1(OCCO1)[C@H]2O. The molecule has 1 N–H and O–H groups in total. The molecular formula is C20H17F3N2O6. The van der Waals surface area contributed by atoms with Gasteiger partial charge in [-0.15, -0.1) is 0 Å². The summed E-state index contributed by atoms with van der Waals surface area (Å²) in [5, 5.41) is 20.0. The van der Waals surface area contributed by atoms with Crippen molar-refractivity contribution in [1.29, 1.82) is 5.26 Å². The van der Waals surface area contributed by atoms with Crippen molar-refractivity contribution in [2.24, 2.45) is 11.8 Å². The number of nitrogens with zero attached hydrogens (tertiary/aromatic N) is 2. The Hall–Kier alpha value is -2.52. The number of benzene rings is 1. The number of halogens is 3. The molecule has 1 aromatic carbocycles. The predicted molar refractivity (Wildman–Crippen MR) is 94.2 cm³/mol. The van der Waals surface area contributed by atoms with Gasteiger partial charge in [-0.2, -0.15) is 18.4 Å². The number of alkyl halides is 3. The Morgan fingerprint density at radius 2 is 1.77 bits per heavy atom. The lowest BCUT2D eigenvalue weighted by atomic mass is 9.64. The number of aliphatic hydroxyl groups excluding tert-OH is 1. The smallest absolute Gasteiger partial charge is 0.384 e. The molecular weight excluding hydrogens is 421 g/mol. The molecule has 11 heteroatoms. The molecule has 0 radical (unpaired) electrons. The second-order valence-corrected chi connectivity index (χ2v) is 8.47. The zero-order valence-electron chi connectivity index (χ0n) is 16.4. The van der Waals surface area contributed by atoms with Gasteiger partial charge in [0.1, 0.15) is 17.3 Å². The van der Waals surface area contributed by atoms with Crippen LogP contribution in [0.15, 0.2) is 18.2 Å². The zero-order chi connectivity index (χ0) is 22.6. The highest BCUT2D eigenvalue weighted by Crippen LogP contribution is 2.66. The number of nitriles is 1. The van der Waals surface area contributed by atoms with Crippen LogP contribution in [0.3, 0.4) is 0 Å². The summed E-state index contributed by atoms with van der Waals surface area (Å²) >= 11 is 0. The molecule has 2 bridgehead atoms. The third kappa shape index (κ3) is 2.18. The van der Waals surface area contributed by atoms with E-state index in [9.17, 15) is 27.9 Å². The lowest BCUT2D eigenvalue weighted by molar-refractivity contribution is -0.272. The quantitative estimate of drug-likeness (QED) is 0.660. The molecule has 8 nitrogen and oxygen atoms in total. The molecule has 1 aromatic rings. The maximum Gasteiger partial charge on any atom is 0.417 e. The second kappa shape index (κ2) is 5.83. The van der Waals surface area contributed by atoms with Crippen LogP contribution in [0.1, 0.15) is 25.0 Å². The lowest BCUT2D eigenvalue weighted by Crippen LogP contribution is -2.66.